The molecule has 0 spiro atoms. The molecule has 3 nitrogen and oxygen atoms in total. The topological polar surface area (TPSA) is 41.5 Å². The second-order valence-electron chi connectivity index (χ2n) is 2.28. The molecule has 1 heterocycles. The molecular weight excluding hydrogens is 116 g/mol. The Labute approximate surface area is 54.2 Å². The zero-order valence-corrected chi connectivity index (χ0v) is 5.42. The average Bonchev–Trinajstić information content (AvgIpc) is 1.97. The maximum Gasteiger partial charge on any atom is 0.259 e. The standard InChI is InChI=1S/C6H10N2O/c1-5-2-7-4-6(9)8-3-5/h3,5,7H,2,4H2,1H3. The first-order valence-electron chi connectivity index (χ1n) is 3.07. The van der Waals surface area contributed by atoms with Crippen molar-refractivity contribution in [3.8, 4) is 0 Å². The second-order valence-corrected chi connectivity index (χ2v) is 2.28. The van der Waals surface area contributed by atoms with Gasteiger partial charge in [0.15, 0.2) is 0 Å². The second kappa shape index (κ2) is 2.73. The van der Waals surface area contributed by atoms with Crippen LogP contribution in [0.25, 0.3) is 0 Å². The Balaban J connectivity index is 2.52. The van der Waals surface area contributed by atoms with Crippen LogP contribution in [0.5, 0.6) is 0 Å². The van der Waals surface area contributed by atoms with Gasteiger partial charge in [-0.05, 0) is 0 Å². The molecule has 0 aromatic carbocycles. The monoisotopic (exact) mass is 126 g/mol. The fourth-order valence-corrected chi connectivity index (χ4v) is 0.715. The lowest BCUT2D eigenvalue weighted by molar-refractivity contribution is -0.116. The average molecular weight is 126 g/mol. The van der Waals surface area contributed by atoms with E-state index in [1.165, 1.54) is 0 Å². The van der Waals surface area contributed by atoms with Crippen LogP contribution in [0.2, 0.25) is 0 Å². The Morgan fingerprint density at radius 1 is 1.89 bits per heavy atom. The normalized spacial score (nSPS) is 28.1. The number of carbonyl (C=O) groups is 1. The van der Waals surface area contributed by atoms with E-state index >= 15 is 0 Å². The van der Waals surface area contributed by atoms with Crippen molar-refractivity contribution in [1.29, 1.82) is 0 Å². The predicted octanol–water partition coefficient (Wildman–Crippen LogP) is -0.177. The highest BCUT2D eigenvalue weighted by molar-refractivity contribution is 5.87. The SMILES string of the molecule is CC1C=NC(=O)CNC1. The summed E-state index contributed by atoms with van der Waals surface area (Å²) in [6, 6.07) is 0. The number of hydrogen-bond donors (Lipinski definition) is 1. The molecule has 0 aromatic rings. The first-order chi connectivity index (χ1) is 4.29. The Hall–Kier alpha value is -0.700. The predicted molar refractivity (Wildman–Crippen MR) is 35.5 cm³/mol. The van der Waals surface area contributed by atoms with Crippen LogP contribution in [-0.2, 0) is 4.79 Å². The van der Waals surface area contributed by atoms with Gasteiger partial charge in [-0.15, -0.1) is 0 Å². The molecule has 0 saturated heterocycles. The third-order valence-electron chi connectivity index (χ3n) is 1.22. The minimum atomic E-state index is -0.0700. The summed E-state index contributed by atoms with van der Waals surface area (Å²) in [5.41, 5.74) is 0. The van der Waals surface area contributed by atoms with Gasteiger partial charge in [-0.3, -0.25) is 4.79 Å². The quantitative estimate of drug-likeness (QED) is 0.489. The van der Waals surface area contributed by atoms with Crippen LogP contribution in [0, 0.1) is 5.92 Å². The fourth-order valence-electron chi connectivity index (χ4n) is 0.715. The van der Waals surface area contributed by atoms with Gasteiger partial charge in [0.1, 0.15) is 0 Å². The van der Waals surface area contributed by atoms with Crippen molar-refractivity contribution in [1.82, 2.24) is 5.32 Å². The van der Waals surface area contributed by atoms with Gasteiger partial charge in [0.25, 0.3) is 5.91 Å². The largest absolute Gasteiger partial charge is 0.308 e. The summed E-state index contributed by atoms with van der Waals surface area (Å²) in [5.74, 6) is 0.316. The van der Waals surface area contributed by atoms with Crippen LogP contribution in [0.15, 0.2) is 4.99 Å². The molecule has 1 amide bonds. The summed E-state index contributed by atoms with van der Waals surface area (Å²) in [4.78, 5) is 14.2. The Morgan fingerprint density at radius 3 is 3.44 bits per heavy atom. The van der Waals surface area contributed by atoms with Gasteiger partial charge in [0, 0.05) is 18.7 Å². The van der Waals surface area contributed by atoms with E-state index < -0.39 is 0 Å². The minimum Gasteiger partial charge on any atom is -0.308 e. The van der Waals surface area contributed by atoms with Crippen molar-refractivity contribution in [2.45, 2.75) is 6.92 Å². The van der Waals surface area contributed by atoms with Crippen LogP contribution in [0.1, 0.15) is 6.92 Å². The molecule has 0 saturated carbocycles. The van der Waals surface area contributed by atoms with Gasteiger partial charge < -0.3 is 5.32 Å². The lowest BCUT2D eigenvalue weighted by Crippen LogP contribution is -2.23. The zero-order chi connectivity index (χ0) is 6.69. The zero-order valence-electron chi connectivity index (χ0n) is 5.42. The summed E-state index contributed by atoms with van der Waals surface area (Å²) >= 11 is 0. The summed E-state index contributed by atoms with van der Waals surface area (Å²) in [6.07, 6.45) is 1.70. The minimum absolute atomic E-state index is 0.0700. The van der Waals surface area contributed by atoms with E-state index in [4.69, 9.17) is 0 Å². The van der Waals surface area contributed by atoms with E-state index in [2.05, 4.69) is 10.3 Å². The molecule has 50 valence electrons. The number of carbonyl (C=O) groups excluding carboxylic acids is 1. The van der Waals surface area contributed by atoms with Gasteiger partial charge in [-0.2, -0.15) is 0 Å². The van der Waals surface area contributed by atoms with E-state index in [9.17, 15) is 4.79 Å². The van der Waals surface area contributed by atoms with Crippen molar-refractivity contribution >= 4 is 12.1 Å². The van der Waals surface area contributed by atoms with E-state index in [0.717, 1.165) is 6.54 Å². The van der Waals surface area contributed by atoms with Gasteiger partial charge in [0.05, 0.1) is 6.54 Å². The van der Waals surface area contributed by atoms with Crippen LogP contribution >= 0.6 is 0 Å². The third-order valence-corrected chi connectivity index (χ3v) is 1.22. The number of rotatable bonds is 0. The van der Waals surface area contributed by atoms with Gasteiger partial charge in [0.2, 0.25) is 0 Å². The molecule has 3 heteroatoms. The van der Waals surface area contributed by atoms with E-state index in [1.54, 1.807) is 6.21 Å². The number of nitrogens with one attached hydrogen (secondary N) is 1. The lowest BCUT2D eigenvalue weighted by atomic mass is 10.2. The molecule has 1 unspecified atom stereocenters. The maximum absolute atomic E-state index is 10.6. The molecule has 1 aliphatic heterocycles. The molecule has 0 bridgehead atoms. The van der Waals surface area contributed by atoms with Crippen molar-refractivity contribution in [2.75, 3.05) is 13.1 Å². The molecule has 1 aliphatic rings. The maximum atomic E-state index is 10.6. The van der Waals surface area contributed by atoms with E-state index in [1.807, 2.05) is 6.92 Å². The van der Waals surface area contributed by atoms with Gasteiger partial charge >= 0.3 is 0 Å². The highest BCUT2D eigenvalue weighted by Crippen LogP contribution is 1.91. The molecule has 9 heavy (non-hydrogen) atoms. The molecule has 1 N–H and O–H groups in total. The van der Waals surface area contributed by atoms with Crippen molar-refractivity contribution < 1.29 is 4.79 Å². The van der Waals surface area contributed by atoms with Crippen molar-refractivity contribution in [2.24, 2.45) is 10.9 Å². The first-order valence-corrected chi connectivity index (χ1v) is 3.07. The Bertz CT molecular complexity index is 142. The fraction of sp³-hybridized carbons (Fsp3) is 0.667. The number of aliphatic imine (C=N–C) groups is 1. The smallest absolute Gasteiger partial charge is 0.259 e. The molecular formula is C6H10N2O. The van der Waals surface area contributed by atoms with Crippen LogP contribution in [0.3, 0.4) is 0 Å². The summed E-state index contributed by atoms with van der Waals surface area (Å²) in [7, 11) is 0. The Morgan fingerprint density at radius 2 is 2.67 bits per heavy atom. The summed E-state index contributed by atoms with van der Waals surface area (Å²) in [5, 5.41) is 2.97. The third kappa shape index (κ3) is 1.93. The number of hydrogen-bond acceptors (Lipinski definition) is 2. The Kier molecular flexibility index (Phi) is 1.95. The first kappa shape index (κ1) is 6.42. The molecule has 1 rings (SSSR count). The van der Waals surface area contributed by atoms with Gasteiger partial charge in [-0.25, -0.2) is 4.99 Å². The molecule has 1 atom stereocenters. The molecule has 0 aromatic heterocycles. The lowest BCUT2D eigenvalue weighted by Gasteiger charge is -1.99. The van der Waals surface area contributed by atoms with Crippen LogP contribution in [-0.4, -0.2) is 25.2 Å². The summed E-state index contributed by atoms with van der Waals surface area (Å²) < 4.78 is 0. The molecule has 0 aliphatic carbocycles. The van der Waals surface area contributed by atoms with E-state index in [-0.39, 0.29) is 5.91 Å². The highest BCUT2D eigenvalue weighted by atomic mass is 16.1. The van der Waals surface area contributed by atoms with E-state index in [0.29, 0.717) is 12.5 Å². The van der Waals surface area contributed by atoms with Crippen LogP contribution < -0.4 is 5.32 Å². The molecule has 0 radical (unpaired) electrons. The number of nitrogens with zero attached hydrogens (tertiary/aromatic N) is 1. The van der Waals surface area contributed by atoms with Crippen molar-refractivity contribution in [3.05, 3.63) is 0 Å². The highest BCUT2D eigenvalue weighted by Gasteiger charge is 2.05. The summed E-state index contributed by atoms with van der Waals surface area (Å²) in [6.45, 7) is 3.27. The number of amides is 1. The van der Waals surface area contributed by atoms with Gasteiger partial charge in [-0.1, -0.05) is 6.92 Å². The van der Waals surface area contributed by atoms with Crippen LogP contribution in [0.4, 0.5) is 0 Å². The molecule has 0 fully saturated rings. The van der Waals surface area contributed by atoms with Crippen molar-refractivity contribution in [3.63, 3.8) is 0 Å².